The summed E-state index contributed by atoms with van der Waals surface area (Å²) in [6, 6.07) is 1.42. The van der Waals surface area contributed by atoms with Crippen molar-refractivity contribution in [2.75, 3.05) is 33.4 Å². The third-order valence-electron chi connectivity index (χ3n) is 5.56. The molecule has 2 fully saturated rings. The minimum absolute atomic E-state index is 0.181. The molecule has 0 aromatic rings. The Balaban J connectivity index is 1.69. The fourth-order valence-corrected chi connectivity index (χ4v) is 4.00. The van der Waals surface area contributed by atoms with Crippen molar-refractivity contribution < 1.29 is 14.3 Å². The van der Waals surface area contributed by atoms with E-state index in [4.69, 9.17) is 9.47 Å². The normalized spacial score (nSPS) is 27.8. The van der Waals surface area contributed by atoms with Gasteiger partial charge in [0.25, 0.3) is 0 Å². The molecule has 29 heavy (non-hydrogen) atoms. The monoisotopic (exact) mass is 411 g/mol. The predicted molar refractivity (Wildman–Crippen MR) is 116 cm³/mol. The molecule has 8 nitrogen and oxygen atoms in total. The molecule has 0 aromatic heterocycles. The maximum absolute atomic E-state index is 11.9. The SMILES string of the molecule is CN=C(NCC(C)N1CCOCC1C)NC1CCC(NC(=O)OC(C)(C)C)CC1. The van der Waals surface area contributed by atoms with E-state index < -0.39 is 5.60 Å². The molecule has 1 heterocycles. The van der Waals surface area contributed by atoms with Crippen LogP contribution in [-0.4, -0.2) is 80.1 Å². The first-order valence-electron chi connectivity index (χ1n) is 11.0. The molecule has 2 aliphatic rings. The molecule has 3 N–H and O–H groups in total. The van der Waals surface area contributed by atoms with Gasteiger partial charge in [-0.25, -0.2) is 4.79 Å². The molecular weight excluding hydrogens is 370 g/mol. The molecule has 2 rings (SSSR count). The molecule has 1 saturated carbocycles. The zero-order valence-corrected chi connectivity index (χ0v) is 19.1. The highest BCUT2D eigenvalue weighted by Crippen LogP contribution is 2.19. The number of alkyl carbamates (subject to hydrolysis) is 1. The summed E-state index contributed by atoms with van der Waals surface area (Å²) in [5.74, 6) is 0.848. The lowest BCUT2D eigenvalue weighted by Gasteiger charge is -2.38. The summed E-state index contributed by atoms with van der Waals surface area (Å²) in [6.45, 7) is 13.5. The Kier molecular flexibility index (Phi) is 9.02. The number of rotatable bonds is 5. The van der Waals surface area contributed by atoms with Gasteiger partial charge < -0.3 is 25.4 Å². The minimum Gasteiger partial charge on any atom is -0.444 e. The number of carbonyl (C=O) groups is 1. The minimum atomic E-state index is -0.461. The summed E-state index contributed by atoms with van der Waals surface area (Å²) in [4.78, 5) is 18.8. The fourth-order valence-electron chi connectivity index (χ4n) is 4.00. The quantitative estimate of drug-likeness (QED) is 0.474. The van der Waals surface area contributed by atoms with Crippen LogP contribution in [0.5, 0.6) is 0 Å². The van der Waals surface area contributed by atoms with Gasteiger partial charge in [0.05, 0.1) is 13.2 Å². The summed E-state index contributed by atoms with van der Waals surface area (Å²) in [7, 11) is 1.81. The molecule has 2 atom stereocenters. The summed E-state index contributed by atoms with van der Waals surface area (Å²) >= 11 is 0. The van der Waals surface area contributed by atoms with Gasteiger partial charge in [-0.3, -0.25) is 9.89 Å². The lowest BCUT2D eigenvalue weighted by Crippen LogP contribution is -2.54. The molecule has 2 unspecified atom stereocenters. The van der Waals surface area contributed by atoms with Crippen LogP contribution in [0.15, 0.2) is 4.99 Å². The molecule has 1 aliphatic carbocycles. The van der Waals surface area contributed by atoms with Crippen LogP contribution in [0.1, 0.15) is 60.3 Å². The van der Waals surface area contributed by atoms with Crippen LogP contribution in [0, 0.1) is 0 Å². The first kappa shape index (κ1) is 23.7. The van der Waals surface area contributed by atoms with E-state index in [0.29, 0.717) is 18.1 Å². The Labute approximate surface area is 176 Å². The van der Waals surface area contributed by atoms with Gasteiger partial charge in [0, 0.05) is 44.3 Å². The standard InChI is InChI=1S/C21H41N5O3/c1-15(26-11-12-28-14-16(26)2)13-23-19(22-6)24-17-7-9-18(10-8-17)25-20(27)29-21(3,4)5/h15-18H,7-14H2,1-6H3,(H,25,27)(H2,22,23,24). The second-order valence-corrected chi connectivity index (χ2v) is 9.30. The average Bonchev–Trinajstić information content (AvgIpc) is 2.65. The van der Waals surface area contributed by atoms with Gasteiger partial charge in [0.1, 0.15) is 5.60 Å². The van der Waals surface area contributed by atoms with E-state index in [2.05, 4.69) is 39.7 Å². The third-order valence-corrected chi connectivity index (χ3v) is 5.56. The number of hydrogen-bond donors (Lipinski definition) is 3. The smallest absolute Gasteiger partial charge is 0.407 e. The molecule has 0 radical (unpaired) electrons. The zero-order valence-electron chi connectivity index (χ0n) is 19.1. The van der Waals surface area contributed by atoms with E-state index in [0.717, 1.165) is 57.9 Å². The molecule has 0 aromatic carbocycles. The number of carbonyl (C=O) groups excluding carboxylic acids is 1. The number of ether oxygens (including phenoxy) is 2. The van der Waals surface area contributed by atoms with Crippen LogP contribution in [0.25, 0.3) is 0 Å². The van der Waals surface area contributed by atoms with E-state index >= 15 is 0 Å². The highest BCUT2D eigenvalue weighted by atomic mass is 16.6. The Morgan fingerprint density at radius 3 is 2.38 bits per heavy atom. The predicted octanol–water partition coefficient (Wildman–Crippen LogP) is 2.10. The van der Waals surface area contributed by atoms with Crippen molar-refractivity contribution >= 4 is 12.1 Å². The van der Waals surface area contributed by atoms with Crippen molar-refractivity contribution in [3.05, 3.63) is 0 Å². The number of guanidine groups is 1. The molecule has 1 amide bonds. The molecule has 0 bridgehead atoms. The van der Waals surface area contributed by atoms with E-state index in [9.17, 15) is 4.79 Å². The number of nitrogens with zero attached hydrogens (tertiary/aromatic N) is 2. The summed E-state index contributed by atoms with van der Waals surface area (Å²) < 4.78 is 10.9. The first-order valence-corrected chi connectivity index (χ1v) is 11.0. The van der Waals surface area contributed by atoms with Crippen LogP contribution >= 0.6 is 0 Å². The summed E-state index contributed by atoms with van der Waals surface area (Å²) in [6.07, 6.45) is 3.55. The largest absolute Gasteiger partial charge is 0.444 e. The van der Waals surface area contributed by atoms with Crippen LogP contribution in [0.3, 0.4) is 0 Å². The van der Waals surface area contributed by atoms with Crippen LogP contribution in [-0.2, 0) is 9.47 Å². The maximum atomic E-state index is 11.9. The van der Waals surface area contributed by atoms with Crippen LogP contribution < -0.4 is 16.0 Å². The van der Waals surface area contributed by atoms with E-state index in [1.807, 2.05) is 27.8 Å². The summed E-state index contributed by atoms with van der Waals surface area (Å²) in [5.41, 5.74) is -0.461. The van der Waals surface area contributed by atoms with Gasteiger partial charge in [-0.15, -0.1) is 0 Å². The number of morpholine rings is 1. The van der Waals surface area contributed by atoms with Crippen molar-refractivity contribution in [1.82, 2.24) is 20.9 Å². The number of hydrogen-bond acceptors (Lipinski definition) is 5. The second kappa shape index (κ2) is 11.0. The number of amides is 1. The van der Waals surface area contributed by atoms with Gasteiger partial charge in [-0.1, -0.05) is 0 Å². The molecule has 8 heteroatoms. The van der Waals surface area contributed by atoms with Gasteiger partial charge >= 0.3 is 6.09 Å². The van der Waals surface area contributed by atoms with Gasteiger partial charge in [-0.05, 0) is 60.3 Å². The van der Waals surface area contributed by atoms with E-state index in [1.54, 1.807) is 0 Å². The highest BCUT2D eigenvalue weighted by molar-refractivity contribution is 5.80. The van der Waals surface area contributed by atoms with Gasteiger partial charge in [-0.2, -0.15) is 0 Å². The molecule has 1 saturated heterocycles. The number of nitrogens with one attached hydrogen (secondary N) is 3. The second-order valence-electron chi connectivity index (χ2n) is 9.30. The van der Waals surface area contributed by atoms with Crippen molar-refractivity contribution in [1.29, 1.82) is 0 Å². The maximum Gasteiger partial charge on any atom is 0.407 e. The van der Waals surface area contributed by atoms with Crippen LogP contribution in [0.2, 0.25) is 0 Å². The van der Waals surface area contributed by atoms with E-state index in [-0.39, 0.29) is 12.1 Å². The van der Waals surface area contributed by atoms with Crippen molar-refractivity contribution in [3.63, 3.8) is 0 Å². The topological polar surface area (TPSA) is 87.2 Å². The fraction of sp³-hybridized carbons (Fsp3) is 0.905. The lowest BCUT2D eigenvalue weighted by molar-refractivity contribution is -0.0174. The summed E-state index contributed by atoms with van der Waals surface area (Å²) in [5, 5.41) is 10.0. The molecular formula is C21H41N5O3. The average molecular weight is 412 g/mol. The van der Waals surface area contributed by atoms with Gasteiger partial charge in [0.2, 0.25) is 0 Å². The van der Waals surface area contributed by atoms with Crippen molar-refractivity contribution in [2.24, 2.45) is 4.99 Å². The molecule has 0 spiro atoms. The first-order chi connectivity index (χ1) is 13.7. The van der Waals surface area contributed by atoms with Crippen LogP contribution in [0.4, 0.5) is 4.79 Å². The van der Waals surface area contributed by atoms with Crippen molar-refractivity contribution in [2.45, 2.75) is 90.1 Å². The molecule has 1 aliphatic heterocycles. The zero-order chi connectivity index (χ0) is 21.4. The Morgan fingerprint density at radius 1 is 1.21 bits per heavy atom. The Bertz CT molecular complexity index is 541. The van der Waals surface area contributed by atoms with Crippen molar-refractivity contribution in [3.8, 4) is 0 Å². The Hall–Kier alpha value is -1.54. The lowest BCUT2D eigenvalue weighted by atomic mass is 9.91. The molecule has 168 valence electrons. The number of aliphatic imine (C=N–C) groups is 1. The highest BCUT2D eigenvalue weighted by Gasteiger charge is 2.26. The Morgan fingerprint density at radius 2 is 1.83 bits per heavy atom. The third kappa shape index (κ3) is 8.38. The van der Waals surface area contributed by atoms with Gasteiger partial charge in [0.15, 0.2) is 5.96 Å². The van der Waals surface area contributed by atoms with E-state index in [1.165, 1.54) is 0 Å².